The first-order chi connectivity index (χ1) is 7.62. The Hall–Kier alpha value is -0.163. The number of hydrogen-bond donors (Lipinski definition) is 2. The molecule has 1 unspecified atom stereocenters. The highest BCUT2D eigenvalue weighted by atomic mass is 28.4. The van der Waals surface area contributed by atoms with Crippen molar-refractivity contribution in [2.75, 3.05) is 0 Å². The van der Waals surface area contributed by atoms with Gasteiger partial charge in [0.1, 0.15) is 0 Å². The van der Waals surface area contributed by atoms with Gasteiger partial charge < -0.3 is 14.6 Å². The first-order valence-corrected chi connectivity index (χ1v) is 9.25. The number of aliphatic hydroxyl groups excluding tert-OH is 2. The zero-order valence-corrected chi connectivity index (χ0v) is 12.6. The molecule has 0 heterocycles. The monoisotopic (exact) mass is 258 g/mol. The Labute approximate surface area is 106 Å². The zero-order valence-electron chi connectivity index (χ0n) is 11.6. The van der Waals surface area contributed by atoms with Crippen LogP contribution in [0.15, 0.2) is 12.2 Å². The molecule has 1 aliphatic rings. The molecule has 17 heavy (non-hydrogen) atoms. The molecule has 0 aliphatic heterocycles. The van der Waals surface area contributed by atoms with Crippen LogP contribution in [0.25, 0.3) is 0 Å². The standard InChI is InChI=1S/C13H26O3Si/c1-13(2,3)17(4,5)16-12-8-10(14)6-7-11(15)9-12/h6-7,10-12,14-15H,8-9H2,1-5H3/t10-,11+,12?. The first-order valence-electron chi connectivity index (χ1n) is 6.34. The van der Waals surface area contributed by atoms with Gasteiger partial charge in [0, 0.05) is 12.8 Å². The molecule has 100 valence electrons. The van der Waals surface area contributed by atoms with Crippen molar-refractivity contribution in [3.63, 3.8) is 0 Å². The molecule has 3 atom stereocenters. The Morgan fingerprint density at radius 2 is 1.47 bits per heavy atom. The molecule has 3 nitrogen and oxygen atoms in total. The molecule has 0 fully saturated rings. The third kappa shape index (κ3) is 4.21. The highest BCUT2D eigenvalue weighted by molar-refractivity contribution is 6.74. The van der Waals surface area contributed by atoms with Crippen LogP contribution in [0, 0.1) is 0 Å². The summed E-state index contributed by atoms with van der Waals surface area (Å²) in [4.78, 5) is 0. The van der Waals surface area contributed by atoms with E-state index in [-0.39, 0.29) is 11.1 Å². The molecule has 4 heteroatoms. The third-order valence-corrected chi connectivity index (χ3v) is 8.37. The molecular weight excluding hydrogens is 232 g/mol. The molecule has 1 rings (SSSR count). The summed E-state index contributed by atoms with van der Waals surface area (Å²) in [6.07, 6.45) is 3.46. The molecule has 0 amide bonds. The number of aliphatic hydroxyl groups is 2. The topological polar surface area (TPSA) is 49.7 Å². The van der Waals surface area contributed by atoms with Gasteiger partial charge in [0.15, 0.2) is 8.32 Å². The van der Waals surface area contributed by atoms with Gasteiger partial charge in [-0.05, 0) is 18.1 Å². The van der Waals surface area contributed by atoms with E-state index < -0.39 is 20.5 Å². The summed E-state index contributed by atoms with van der Waals surface area (Å²) in [5.41, 5.74) is 0. The summed E-state index contributed by atoms with van der Waals surface area (Å²) in [5, 5.41) is 19.6. The minimum absolute atomic E-state index is 0.0455. The van der Waals surface area contributed by atoms with Crippen LogP contribution in [0.3, 0.4) is 0 Å². The lowest BCUT2D eigenvalue weighted by Gasteiger charge is -2.39. The van der Waals surface area contributed by atoms with E-state index in [4.69, 9.17) is 4.43 Å². The molecule has 0 saturated heterocycles. The lowest BCUT2D eigenvalue weighted by atomic mass is 10.1. The fraction of sp³-hybridized carbons (Fsp3) is 0.846. The van der Waals surface area contributed by atoms with E-state index in [1.54, 1.807) is 12.2 Å². The number of hydrogen-bond acceptors (Lipinski definition) is 3. The molecule has 0 bridgehead atoms. The van der Waals surface area contributed by atoms with E-state index in [1.165, 1.54) is 0 Å². The lowest BCUT2D eigenvalue weighted by Crippen LogP contribution is -2.44. The van der Waals surface area contributed by atoms with Gasteiger partial charge in [-0.2, -0.15) is 0 Å². The molecule has 0 radical (unpaired) electrons. The second-order valence-corrected chi connectivity index (χ2v) is 11.2. The maximum atomic E-state index is 9.71. The van der Waals surface area contributed by atoms with Gasteiger partial charge in [-0.15, -0.1) is 0 Å². The Morgan fingerprint density at radius 1 is 1.06 bits per heavy atom. The molecule has 1 aliphatic carbocycles. The van der Waals surface area contributed by atoms with E-state index in [2.05, 4.69) is 33.9 Å². The largest absolute Gasteiger partial charge is 0.414 e. The number of rotatable bonds is 2. The molecule has 2 N–H and O–H groups in total. The van der Waals surface area contributed by atoms with Crippen molar-refractivity contribution in [2.24, 2.45) is 0 Å². The SMILES string of the molecule is CC(C)(C)[Si](C)(C)OC1C[C@H](O)C=C[C@H](O)C1. The van der Waals surface area contributed by atoms with Crippen LogP contribution in [0.5, 0.6) is 0 Å². The minimum atomic E-state index is -1.82. The lowest BCUT2D eigenvalue weighted by molar-refractivity contribution is 0.0812. The smallest absolute Gasteiger partial charge is 0.192 e. The second-order valence-electron chi connectivity index (χ2n) is 6.49. The second kappa shape index (κ2) is 5.22. The molecular formula is C13H26O3Si. The summed E-state index contributed by atoms with van der Waals surface area (Å²) in [6.45, 7) is 11.0. The highest BCUT2D eigenvalue weighted by Crippen LogP contribution is 2.38. The van der Waals surface area contributed by atoms with Crippen molar-refractivity contribution in [3.8, 4) is 0 Å². The van der Waals surface area contributed by atoms with Gasteiger partial charge in [0.05, 0.1) is 18.3 Å². The van der Waals surface area contributed by atoms with Crippen molar-refractivity contribution in [3.05, 3.63) is 12.2 Å². The van der Waals surface area contributed by atoms with E-state index in [0.29, 0.717) is 12.8 Å². The van der Waals surface area contributed by atoms with E-state index >= 15 is 0 Å². The Morgan fingerprint density at radius 3 is 1.82 bits per heavy atom. The minimum Gasteiger partial charge on any atom is -0.414 e. The summed E-state index contributed by atoms with van der Waals surface area (Å²) in [5.74, 6) is 0. The maximum absolute atomic E-state index is 9.71. The summed E-state index contributed by atoms with van der Waals surface area (Å²) in [6, 6.07) is 0. The van der Waals surface area contributed by atoms with Gasteiger partial charge in [-0.25, -0.2) is 0 Å². The molecule has 0 saturated carbocycles. The Bertz CT molecular complexity index is 267. The van der Waals surface area contributed by atoms with Gasteiger partial charge in [-0.3, -0.25) is 0 Å². The first kappa shape index (κ1) is 14.9. The quantitative estimate of drug-likeness (QED) is 0.591. The van der Waals surface area contributed by atoms with Crippen molar-refractivity contribution in [1.82, 2.24) is 0 Å². The Kier molecular flexibility index (Phi) is 4.58. The fourth-order valence-corrected chi connectivity index (χ4v) is 3.12. The van der Waals surface area contributed by atoms with Crippen LogP contribution < -0.4 is 0 Å². The zero-order chi connectivity index (χ0) is 13.3. The van der Waals surface area contributed by atoms with E-state index in [1.807, 2.05) is 0 Å². The van der Waals surface area contributed by atoms with Gasteiger partial charge in [0.25, 0.3) is 0 Å². The summed E-state index contributed by atoms with van der Waals surface area (Å²) < 4.78 is 6.24. The fourth-order valence-electron chi connectivity index (χ4n) is 1.74. The van der Waals surface area contributed by atoms with Crippen molar-refractivity contribution in [1.29, 1.82) is 0 Å². The predicted molar refractivity (Wildman–Crippen MR) is 72.5 cm³/mol. The average molecular weight is 258 g/mol. The maximum Gasteiger partial charge on any atom is 0.192 e. The molecule has 0 aromatic carbocycles. The summed E-state index contributed by atoms with van der Waals surface area (Å²) >= 11 is 0. The van der Waals surface area contributed by atoms with Gasteiger partial charge >= 0.3 is 0 Å². The van der Waals surface area contributed by atoms with Crippen molar-refractivity contribution >= 4 is 8.32 Å². The van der Waals surface area contributed by atoms with Crippen LogP contribution >= 0.6 is 0 Å². The van der Waals surface area contributed by atoms with Crippen LogP contribution in [0.1, 0.15) is 33.6 Å². The Balaban J connectivity index is 2.68. The highest BCUT2D eigenvalue weighted by Gasteiger charge is 2.39. The van der Waals surface area contributed by atoms with Gasteiger partial charge in [-0.1, -0.05) is 32.9 Å². The predicted octanol–water partition coefficient (Wildman–Crippen LogP) is 2.45. The normalized spacial score (nSPS) is 31.4. The third-order valence-electron chi connectivity index (χ3n) is 3.83. The van der Waals surface area contributed by atoms with Crippen LogP contribution in [-0.4, -0.2) is 36.8 Å². The molecule has 0 aromatic rings. The van der Waals surface area contributed by atoms with Crippen LogP contribution in [0.2, 0.25) is 18.1 Å². The summed E-state index contributed by atoms with van der Waals surface area (Å²) in [7, 11) is -1.82. The molecule has 0 spiro atoms. The van der Waals surface area contributed by atoms with Crippen LogP contribution in [0.4, 0.5) is 0 Å². The van der Waals surface area contributed by atoms with Gasteiger partial charge in [0.2, 0.25) is 0 Å². The molecule has 0 aromatic heterocycles. The van der Waals surface area contributed by atoms with E-state index in [0.717, 1.165) is 0 Å². The van der Waals surface area contributed by atoms with Crippen molar-refractivity contribution < 1.29 is 14.6 Å². The van der Waals surface area contributed by atoms with Crippen LogP contribution in [-0.2, 0) is 4.43 Å². The average Bonchev–Trinajstić information content (AvgIpc) is 2.25. The van der Waals surface area contributed by atoms with E-state index in [9.17, 15) is 10.2 Å². The van der Waals surface area contributed by atoms with Crippen molar-refractivity contribution in [2.45, 2.75) is 70.1 Å².